The molecule has 0 aliphatic carbocycles. The summed E-state index contributed by atoms with van der Waals surface area (Å²) < 4.78 is 20.5. The van der Waals surface area contributed by atoms with E-state index in [-0.39, 0.29) is 17.5 Å². The summed E-state index contributed by atoms with van der Waals surface area (Å²) in [5.74, 6) is 8.15. The summed E-state index contributed by atoms with van der Waals surface area (Å²) in [5, 5.41) is 0. The van der Waals surface area contributed by atoms with E-state index in [0.717, 1.165) is 41.7 Å². The molecule has 0 aromatic heterocycles. The Morgan fingerprint density at radius 3 is 3.00 bits per heavy atom. The van der Waals surface area contributed by atoms with Gasteiger partial charge in [-0.3, -0.25) is 11.3 Å². The molecule has 0 saturated carbocycles. The molecule has 1 spiro atoms. The molecule has 2 aliphatic rings. The van der Waals surface area contributed by atoms with Crippen molar-refractivity contribution in [3.8, 4) is 0 Å². The van der Waals surface area contributed by atoms with Crippen molar-refractivity contribution in [1.82, 2.24) is 5.43 Å². The van der Waals surface area contributed by atoms with Gasteiger partial charge in [0.05, 0.1) is 5.60 Å². The van der Waals surface area contributed by atoms with Gasteiger partial charge < -0.3 is 4.74 Å². The van der Waals surface area contributed by atoms with Crippen molar-refractivity contribution < 1.29 is 9.13 Å². The summed E-state index contributed by atoms with van der Waals surface area (Å²) in [6.07, 6.45) is 3.05. The predicted octanol–water partition coefficient (Wildman–Crippen LogP) is 3.39. The monoisotopic (exact) mass is 374 g/mol. The SMILES string of the molecule is NNC(c1cc(F)cc(Br)c1)C1CCOC2(CCSC2)C1. The number of hydrogen-bond donors (Lipinski definition) is 2. The van der Waals surface area contributed by atoms with Crippen LogP contribution >= 0.6 is 27.7 Å². The fourth-order valence-corrected chi connectivity index (χ4v) is 5.33. The smallest absolute Gasteiger partial charge is 0.124 e. The summed E-state index contributed by atoms with van der Waals surface area (Å²) in [5.41, 5.74) is 3.81. The Balaban J connectivity index is 1.82. The molecular formula is C15H20BrFN2OS. The van der Waals surface area contributed by atoms with Gasteiger partial charge in [-0.25, -0.2) is 4.39 Å². The van der Waals surface area contributed by atoms with Crippen molar-refractivity contribution in [2.75, 3.05) is 18.1 Å². The van der Waals surface area contributed by atoms with Crippen LogP contribution in [0.2, 0.25) is 0 Å². The largest absolute Gasteiger partial charge is 0.374 e. The minimum Gasteiger partial charge on any atom is -0.374 e. The van der Waals surface area contributed by atoms with Crippen molar-refractivity contribution in [2.24, 2.45) is 11.8 Å². The van der Waals surface area contributed by atoms with E-state index in [0.29, 0.717) is 5.92 Å². The molecule has 3 N–H and O–H groups in total. The van der Waals surface area contributed by atoms with Crippen molar-refractivity contribution in [1.29, 1.82) is 0 Å². The van der Waals surface area contributed by atoms with Crippen molar-refractivity contribution in [2.45, 2.75) is 30.9 Å². The van der Waals surface area contributed by atoms with E-state index in [1.165, 1.54) is 11.8 Å². The van der Waals surface area contributed by atoms with Gasteiger partial charge in [0.25, 0.3) is 0 Å². The Kier molecular flexibility index (Phi) is 4.90. The second kappa shape index (κ2) is 6.54. The highest BCUT2D eigenvalue weighted by Gasteiger charge is 2.42. The second-order valence-corrected chi connectivity index (χ2v) is 7.95. The van der Waals surface area contributed by atoms with E-state index in [9.17, 15) is 4.39 Å². The number of thioether (sulfide) groups is 1. The number of ether oxygens (including phenoxy) is 1. The molecular weight excluding hydrogens is 355 g/mol. The quantitative estimate of drug-likeness (QED) is 0.628. The third-order valence-corrected chi connectivity index (χ3v) is 6.17. The van der Waals surface area contributed by atoms with Crippen LogP contribution in [0, 0.1) is 11.7 Å². The molecule has 2 saturated heterocycles. The summed E-state index contributed by atoms with van der Waals surface area (Å²) in [6.45, 7) is 0.764. The van der Waals surface area contributed by atoms with Crippen molar-refractivity contribution in [3.05, 3.63) is 34.1 Å². The first-order valence-corrected chi connectivity index (χ1v) is 9.20. The highest BCUT2D eigenvalue weighted by molar-refractivity contribution is 9.10. The Bertz CT molecular complexity index is 490. The van der Waals surface area contributed by atoms with Crippen LogP contribution in [0.5, 0.6) is 0 Å². The first kappa shape index (κ1) is 15.7. The van der Waals surface area contributed by atoms with Gasteiger partial charge >= 0.3 is 0 Å². The maximum Gasteiger partial charge on any atom is 0.124 e. The summed E-state index contributed by atoms with van der Waals surface area (Å²) in [4.78, 5) is 0. The lowest BCUT2D eigenvalue weighted by atomic mass is 9.79. The van der Waals surface area contributed by atoms with Gasteiger partial charge in [0.1, 0.15) is 5.82 Å². The molecule has 2 fully saturated rings. The number of hydrogen-bond acceptors (Lipinski definition) is 4. The lowest BCUT2D eigenvalue weighted by molar-refractivity contribution is -0.0854. The molecule has 1 aromatic carbocycles. The highest BCUT2D eigenvalue weighted by atomic mass is 79.9. The molecule has 6 heteroatoms. The minimum absolute atomic E-state index is 0.00718. The average Bonchev–Trinajstić information content (AvgIpc) is 2.86. The first-order valence-electron chi connectivity index (χ1n) is 7.26. The lowest BCUT2D eigenvalue weighted by Gasteiger charge is -2.41. The zero-order valence-electron chi connectivity index (χ0n) is 11.8. The number of rotatable bonds is 3. The molecule has 3 rings (SSSR count). The van der Waals surface area contributed by atoms with Crippen LogP contribution in [0.3, 0.4) is 0 Å². The fraction of sp³-hybridized carbons (Fsp3) is 0.600. The lowest BCUT2D eigenvalue weighted by Crippen LogP contribution is -2.45. The van der Waals surface area contributed by atoms with E-state index < -0.39 is 0 Å². The predicted molar refractivity (Wildman–Crippen MR) is 87.5 cm³/mol. The van der Waals surface area contributed by atoms with Crippen LogP contribution in [0.25, 0.3) is 0 Å². The van der Waals surface area contributed by atoms with Crippen LogP contribution in [-0.2, 0) is 4.74 Å². The molecule has 3 atom stereocenters. The van der Waals surface area contributed by atoms with Gasteiger partial charge in [-0.1, -0.05) is 15.9 Å². The number of hydrazine groups is 1. The molecule has 3 nitrogen and oxygen atoms in total. The second-order valence-electron chi connectivity index (χ2n) is 5.93. The number of benzene rings is 1. The van der Waals surface area contributed by atoms with E-state index in [2.05, 4.69) is 21.4 Å². The molecule has 2 aliphatic heterocycles. The van der Waals surface area contributed by atoms with Crippen LogP contribution < -0.4 is 11.3 Å². The van der Waals surface area contributed by atoms with Gasteiger partial charge in [0.2, 0.25) is 0 Å². The zero-order chi connectivity index (χ0) is 14.9. The Morgan fingerprint density at radius 1 is 1.48 bits per heavy atom. The molecule has 21 heavy (non-hydrogen) atoms. The standard InChI is InChI=1S/C15H20BrFN2OS/c16-12-5-11(6-13(17)7-12)14(19-18)10-1-3-20-15(8-10)2-4-21-9-15/h5-7,10,14,19H,1-4,8-9,18H2. The fourth-order valence-electron chi connectivity index (χ4n) is 3.47. The molecule has 1 aromatic rings. The normalized spacial score (nSPS) is 30.7. The Labute approximate surface area is 137 Å². The topological polar surface area (TPSA) is 47.3 Å². The molecule has 3 unspecified atom stereocenters. The maximum absolute atomic E-state index is 13.7. The summed E-state index contributed by atoms with van der Waals surface area (Å²) >= 11 is 5.31. The van der Waals surface area contributed by atoms with Gasteiger partial charge in [-0.15, -0.1) is 0 Å². The maximum atomic E-state index is 13.7. The molecule has 0 amide bonds. The minimum atomic E-state index is -0.238. The Hall–Kier alpha value is -0.140. The van der Waals surface area contributed by atoms with E-state index in [1.54, 1.807) is 6.07 Å². The van der Waals surface area contributed by atoms with Crippen LogP contribution in [0.1, 0.15) is 30.9 Å². The average molecular weight is 375 g/mol. The number of halogens is 2. The highest BCUT2D eigenvalue weighted by Crippen LogP contribution is 2.44. The molecule has 116 valence electrons. The summed E-state index contributed by atoms with van der Waals surface area (Å²) in [7, 11) is 0. The molecule has 2 heterocycles. The van der Waals surface area contributed by atoms with Crippen LogP contribution in [0.4, 0.5) is 4.39 Å². The molecule has 0 radical (unpaired) electrons. The first-order chi connectivity index (χ1) is 10.1. The third-order valence-electron chi connectivity index (χ3n) is 4.49. The van der Waals surface area contributed by atoms with E-state index >= 15 is 0 Å². The van der Waals surface area contributed by atoms with Crippen molar-refractivity contribution in [3.63, 3.8) is 0 Å². The van der Waals surface area contributed by atoms with Gasteiger partial charge in [0.15, 0.2) is 0 Å². The van der Waals surface area contributed by atoms with Crippen LogP contribution in [-0.4, -0.2) is 23.7 Å². The number of nitrogens with two attached hydrogens (primary N) is 1. The summed E-state index contributed by atoms with van der Waals surface area (Å²) in [6, 6.07) is 4.94. The van der Waals surface area contributed by atoms with Gasteiger partial charge in [0, 0.05) is 22.9 Å². The van der Waals surface area contributed by atoms with E-state index in [1.807, 2.05) is 17.8 Å². The number of nitrogens with one attached hydrogen (secondary N) is 1. The zero-order valence-corrected chi connectivity index (χ0v) is 14.2. The van der Waals surface area contributed by atoms with E-state index in [4.69, 9.17) is 10.6 Å². The third kappa shape index (κ3) is 3.45. The van der Waals surface area contributed by atoms with Gasteiger partial charge in [-0.2, -0.15) is 11.8 Å². The molecule has 0 bridgehead atoms. The van der Waals surface area contributed by atoms with Crippen LogP contribution in [0.15, 0.2) is 22.7 Å². The Morgan fingerprint density at radius 2 is 2.33 bits per heavy atom. The van der Waals surface area contributed by atoms with Gasteiger partial charge in [-0.05, 0) is 54.7 Å². The van der Waals surface area contributed by atoms with Crippen molar-refractivity contribution >= 4 is 27.7 Å².